The van der Waals surface area contributed by atoms with E-state index in [1.54, 1.807) is 12.1 Å². The van der Waals surface area contributed by atoms with Crippen LogP contribution in [0.4, 0.5) is 0 Å². The van der Waals surface area contributed by atoms with E-state index in [2.05, 4.69) is 23.5 Å². The van der Waals surface area contributed by atoms with Crippen molar-refractivity contribution in [2.45, 2.75) is 19.3 Å². The largest absolute Gasteiger partial charge is 0.459 e. The van der Waals surface area contributed by atoms with Gasteiger partial charge in [-0.2, -0.15) is 0 Å². The molecular weight excluding hydrogens is 316 g/mol. The Kier molecular flexibility index (Phi) is 5.67. The average Bonchev–Trinajstić information content (AvgIpc) is 3.21. The molecule has 1 aromatic heterocycles. The molecule has 0 fully saturated rings. The third-order valence-corrected chi connectivity index (χ3v) is 4.30. The summed E-state index contributed by atoms with van der Waals surface area (Å²) in [5.74, 6) is 0.183. The van der Waals surface area contributed by atoms with Crippen molar-refractivity contribution in [2.24, 2.45) is 0 Å². The Hall–Kier alpha value is -2.82. The van der Waals surface area contributed by atoms with E-state index in [9.17, 15) is 9.59 Å². The van der Waals surface area contributed by atoms with Crippen molar-refractivity contribution < 1.29 is 14.0 Å². The van der Waals surface area contributed by atoms with Gasteiger partial charge in [0.05, 0.1) is 6.26 Å². The maximum atomic E-state index is 12.3. The molecular formula is C20H22N2O3. The molecule has 0 spiro atoms. The molecule has 0 bridgehead atoms. The molecule has 3 rings (SSSR count). The first-order chi connectivity index (χ1) is 12.2. The minimum Gasteiger partial charge on any atom is -0.459 e. The molecule has 0 radical (unpaired) electrons. The van der Waals surface area contributed by atoms with Gasteiger partial charge in [-0.15, -0.1) is 0 Å². The van der Waals surface area contributed by atoms with Gasteiger partial charge in [0, 0.05) is 26.1 Å². The number of hydrogen-bond donors (Lipinski definition) is 1. The van der Waals surface area contributed by atoms with Crippen LogP contribution in [0, 0.1) is 0 Å². The summed E-state index contributed by atoms with van der Waals surface area (Å²) in [5, 5.41) is 2.76. The molecule has 25 heavy (non-hydrogen) atoms. The highest BCUT2D eigenvalue weighted by molar-refractivity contribution is 5.91. The molecule has 2 amide bonds. The molecule has 0 unspecified atom stereocenters. The Morgan fingerprint density at radius 3 is 2.64 bits per heavy atom. The Balaban J connectivity index is 1.39. The van der Waals surface area contributed by atoms with E-state index in [4.69, 9.17) is 4.42 Å². The zero-order valence-corrected chi connectivity index (χ0v) is 14.1. The molecule has 1 aliphatic rings. The molecule has 130 valence electrons. The van der Waals surface area contributed by atoms with Crippen molar-refractivity contribution >= 4 is 17.4 Å². The van der Waals surface area contributed by atoms with E-state index >= 15 is 0 Å². The van der Waals surface area contributed by atoms with Crippen LogP contribution < -0.4 is 5.32 Å². The van der Waals surface area contributed by atoms with Gasteiger partial charge in [0.25, 0.3) is 5.91 Å². The van der Waals surface area contributed by atoms with Crippen LogP contribution >= 0.6 is 0 Å². The summed E-state index contributed by atoms with van der Waals surface area (Å²) >= 11 is 0. The number of nitrogens with zero attached hydrogens (tertiary/aromatic N) is 1. The lowest BCUT2D eigenvalue weighted by molar-refractivity contribution is -0.130. The maximum absolute atomic E-state index is 12.3. The lowest BCUT2D eigenvalue weighted by atomic mass is 9.99. The van der Waals surface area contributed by atoms with Crippen LogP contribution in [-0.4, -0.2) is 36.3 Å². The Morgan fingerprint density at radius 2 is 1.96 bits per heavy atom. The normalized spacial score (nSPS) is 14.1. The number of nitrogens with one attached hydrogen (secondary N) is 1. The maximum Gasteiger partial charge on any atom is 0.286 e. The van der Waals surface area contributed by atoms with Gasteiger partial charge in [-0.1, -0.05) is 36.4 Å². The highest BCUT2D eigenvalue weighted by Crippen LogP contribution is 2.22. The monoisotopic (exact) mass is 338 g/mol. The van der Waals surface area contributed by atoms with Crippen LogP contribution in [0.25, 0.3) is 5.57 Å². The minimum atomic E-state index is -0.245. The molecule has 2 aromatic rings. The summed E-state index contributed by atoms with van der Waals surface area (Å²) in [6.07, 6.45) is 5.54. The zero-order valence-electron chi connectivity index (χ0n) is 14.1. The summed E-state index contributed by atoms with van der Waals surface area (Å²) in [6.45, 7) is 1.87. The van der Waals surface area contributed by atoms with E-state index in [0.717, 1.165) is 13.0 Å². The van der Waals surface area contributed by atoms with Gasteiger partial charge >= 0.3 is 0 Å². The van der Waals surface area contributed by atoms with E-state index in [-0.39, 0.29) is 11.8 Å². The van der Waals surface area contributed by atoms with Crippen molar-refractivity contribution in [3.63, 3.8) is 0 Å². The van der Waals surface area contributed by atoms with E-state index in [1.807, 2.05) is 23.1 Å². The van der Waals surface area contributed by atoms with Crippen LogP contribution in [0.3, 0.4) is 0 Å². The van der Waals surface area contributed by atoms with Gasteiger partial charge in [-0.25, -0.2) is 0 Å². The number of hydrogen-bond acceptors (Lipinski definition) is 3. The second-order valence-electron chi connectivity index (χ2n) is 6.02. The van der Waals surface area contributed by atoms with Crippen molar-refractivity contribution in [1.29, 1.82) is 0 Å². The van der Waals surface area contributed by atoms with Crippen LogP contribution in [-0.2, 0) is 4.79 Å². The standard InChI is InChI=1S/C20H22N2O3/c23-19(9-4-12-21-20(24)18-8-5-15-25-18)22-13-10-17(11-14-22)16-6-2-1-3-7-16/h1-3,5-8,10,15H,4,9,11-14H2,(H,21,24). The Bertz CT molecular complexity index is 736. The minimum absolute atomic E-state index is 0.135. The molecule has 1 N–H and O–H groups in total. The van der Waals surface area contributed by atoms with Gasteiger partial charge in [0.1, 0.15) is 0 Å². The molecule has 0 saturated carbocycles. The van der Waals surface area contributed by atoms with Crippen molar-refractivity contribution in [1.82, 2.24) is 10.2 Å². The number of carbonyl (C=O) groups excluding carboxylic acids is 2. The molecule has 0 saturated heterocycles. The fourth-order valence-corrected chi connectivity index (χ4v) is 2.90. The summed E-state index contributed by atoms with van der Waals surface area (Å²) in [4.78, 5) is 25.9. The van der Waals surface area contributed by atoms with Gasteiger partial charge in [-0.05, 0) is 36.1 Å². The van der Waals surface area contributed by atoms with E-state index in [0.29, 0.717) is 31.7 Å². The first-order valence-electron chi connectivity index (χ1n) is 8.58. The van der Waals surface area contributed by atoms with Gasteiger partial charge in [0.2, 0.25) is 5.91 Å². The van der Waals surface area contributed by atoms with Crippen LogP contribution in [0.1, 0.15) is 35.4 Å². The van der Waals surface area contributed by atoms with Crippen LogP contribution in [0.5, 0.6) is 0 Å². The summed E-state index contributed by atoms with van der Waals surface area (Å²) in [5.41, 5.74) is 2.53. The molecule has 5 nitrogen and oxygen atoms in total. The number of carbonyl (C=O) groups is 2. The van der Waals surface area contributed by atoms with Crippen LogP contribution in [0.15, 0.2) is 59.2 Å². The molecule has 1 aromatic carbocycles. The van der Waals surface area contributed by atoms with Crippen LogP contribution in [0.2, 0.25) is 0 Å². The average molecular weight is 338 g/mol. The Morgan fingerprint density at radius 1 is 1.12 bits per heavy atom. The molecule has 0 atom stereocenters. The summed E-state index contributed by atoms with van der Waals surface area (Å²) in [7, 11) is 0. The second kappa shape index (κ2) is 8.33. The smallest absolute Gasteiger partial charge is 0.286 e. The topological polar surface area (TPSA) is 62.6 Å². The van der Waals surface area contributed by atoms with Crippen molar-refractivity contribution in [3.8, 4) is 0 Å². The molecule has 0 aliphatic carbocycles. The fourth-order valence-electron chi connectivity index (χ4n) is 2.90. The number of amides is 2. The SMILES string of the molecule is O=C(NCCCC(=O)N1CC=C(c2ccccc2)CC1)c1ccco1. The first kappa shape index (κ1) is 17.0. The number of rotatable bonds is 6. The van der Waals surface area contributed by atoms with Gasteiger partial charge in [0.15, 0.2) is 5.76 Å². The Labute approximate surface area is 147 Å². The lowest BCUT2D eigenvalue weighted by Gasteiger charge is -2.26. The predicted octanol–water partition coefficient (Wildman–Crippen LogP) is 3.11. The highest BCUT2D eigenvalue weighted by atomic mass is 16.3. The summed E-state index contributed by atoms with van der Waals surface area (Å²) in [6, 6.07) is 13.6. The van der Waals surface area contributed by atoms with Crippen molar-refractivity contribution in [3.05, 3.63) is 66.1 Å². The van der Waals surface area contributed by atoms with E-state index < -0.39 is 0 Å². The fraction of sp³-hybridized carbons (Fsp3) is 0.300. The third kappa shape index (κ3) is 4.59. The zero-order chi connectivity index (χ0) is 17.5. The number of benzene rings is 1. The molecule has 5 heteroatoms. The first-order valence-corrected chi connectivity index (χ1v) is 8.58. The molecule has 1 aliphatic heterocycles. The van der Waals surface area contributed by atoms with E-state index in [1.165, 1.54) is 17.4 Å². The quantitative estimate of drug-likeness (QED) is 0.823. The summed E-state index contributed by atoms with van der Waals surface area (Å²) < 4.78 is 5.02. The number of furan rings is 1. The highest BCUT2D eigenvalue weighted by Gasteiger charge is 2.17. The van der Waals surface area contributed by atoms with Gasteiger partial charge in [-0.3, -0.25) is 9.59 Å². The third-order valence-electron chi connectivity index (χ3n) is 4.30. The van der Waals surface area contributed by atoms with Gasteiger partial charge < -0.3 is 14.6 Å². The predicted molar refractivity (Wildman–Crippen MR) is 95.9 cm³/mol. The van der Waals surface area contributed by atoms with Crippen molar-refractivity contribution in [2.75, 3.05) is 19.6 Å². The lowest BCUT2D eigenvalue weighted by Crippen LogP contribution is -2.35. The second-order valence-corrected chi connectivity index (χ2v) is 6.02. The molecule has 2 heterocycles.